The molecule has 2 nitrogen and oxygen atoms in total. The minimum Gasteiger partial charge on any atom is -0.385 e. The van der Waals surface area contributed by atoms with Crippen LogP contribution in [0.3, 0.4) is 0 Å². The van der Waals surface area contributed by atoms with E-state index in [2.05, 4.69) is 123 Å². The molecule has 3 heteroatoms. The van der Waals surface area contributed by atoms with Gasteiger partial charge in [0.2, 0.25) is 0 Å². The zero-order valence-electron chi connectivity index (χ0n) is 33.6. The highest BCUT2D eigenvalue weighted by molar-refractivity contribution is 6.33. The van der Waals surface area contributed by atoms with E-state index in [1.54, 1.807) is 11.1 Å². The molecule has 54 heavy (non-hydrogen) atoms. The van der Waals surface area contributed by atoms with Crippen LogP contribution in [0.15, 0.2) is 107 Å². The van der Waals surface area contributed by atoms with Crippen LogP contribution in [-0.2, 0) is 10.8 Å². The molecule has 3 aliphatic carbocycles. The fourth-order valence-electron chi connectivity index (χ4n) is 10.8. The topological polar surface area (TPSA) is 15.3 Å². The molecule has 4 aliphatic rings. The summed E-state index contributed by atoms with van der Waals surface area (Å²) in [5, 5.41) is 10.6. The van der Waals surface area contributed by atoms with Crippen molar-refractivity contribution in [3.8, 4) is 0 Å². The van der Waals surface area contributed by atoms with Crippen LogP contribution in [0, 0.1) is 11.8 Å². The van der Waals surface area contributed by atoms with Crippen LogP contribution in [0.1, 0.15) is 135 Å². The number of fused-ring (bicyclic) bond motifs is 5. The summed E-state index contributed by atoms with van der Waals surface area (Å²) in [7, 11) is 0. The molecule has 1 aliphatic heterocycles. The molecule has 0 saturated heterocycles. The largest absolute Gasteiger partial charge is 0.385 e. The van der Waals surface area contributed by atoms with Crippen molar-refractivity contribution in [3.05, 3.63) is 118 Å². The van der Waals surface area contributed by atoms with Gasteiger partial charge in [0.1, 0.15) is 0 Å². The Kier molecular flexibility index (Phi) is 11.0. The highest BCUT2D eigenvalue weighted by Crippen LogP contribution is 2.58. The third-order valence-corrected chi connectivity index (χ3v) is 14.2. The van der Waals surface area contributed by atoms with Crippen molar-refractivity contribution >= 4 is 44.5 Å². The molecule has 2 fully saturated rings. The van der Waals surface area contributed by atoms with Crippen molar-refractivity contribution in [1.29, 1.82) is 0 Å². The second-order valence-corrected chi connectivity index (χ2v) is 18.5. The van der Waals surface area contributed by atoms with Crippen LogP contribution in [0.2, 0.25) is 0 Å². The lowest BCUT2D eigenvalue weighted by Gasteiger charge is -2.40. The zero-order valence-corrected chi connectivity index (χ0v) is 34.3. The minimum absolute atomic E-state index is 0.0571. The molecule has 284 valence electrons. The van der Waals surface area contributed by atoms with Gasteiger partial charge in [-0.1, -0.05) is 145 Å². The van der Waals surface area contributed by atoms with Crippen molar-refractivity contribution in [3.63, 3.8) is 0 Å². The lowest BCUT2D eigenvalue weighted by molar-refractivity contribution is 0.297. The predicted molar refractivity (Wildman–Crippen MR) is 235 cm³/mol. The summed E-state index contributed by atoms with van der Waals surface area (Å²) >= 11 is 7.60. The number of hydrogen-bond acceptors (Lipinski definition) is 2. The summed E-state index contributed by atoms with van der Waals surface area (Å²) in [6.07, 6.45) is 23.5. The maximum atomic E-state index is 7.60. The highest BCUT2D eigenvalue weighted by atomic mass is 35.5. The Labute approximate surface area is 331 Å². The molecule has 0 aromatic heterocycles. The molecule has 0 radical (unpaired) electrons. The van der Waals surface area contributed by atoms with E-state index >= 15 is 0 Å². The van der Waals surface area contributed by atoms with Gasteiger partial charge in [0, 0.05) is 46.0 Å². The van der Waals surface area contributed by atoms with E-state index in [0.29, 0.717) is 11.8 Å². The summed E-state index contributed by atoms with van der Waals surface area (Å²) in [4.78, 5) is 2.73. The Bertz CT molecular complexity index is 2070. The number of hydrogen-bond donors (Lipinski definition) is 1. The quantitative estimate of drug-likeness (QED) is 0.165. The van der Waals surface area contributed by atoms with E-state index in [1.165, 1.54) is 127 Å². The van der Waals surface area contributed by atoms with Crippen LogP contribution in [0.5, 0.6) is 0 Å². The first-order valence-corrected chi connectivity index (χ1v) is 22.0. The summed E-state index contributed by atoms with van der Waals surface area (Å²) in [6.45, 7) is 11.5. The molecule has 2 saturated carbocycles. The van der Waals surface area contributed by atoms with E-state index in [1.807, 2.05) is 0 Å². The van der Waals surface area contributed by atoms with Crippen LogP contribution in [0.4, 0.5) is 11.4 Å². The molecule has 1 heterocycles. The molecular weight excluding hydrogens is 676 g/mol. The number of halogens is 1. The summed E-state index contributed by atoms with van der Waals surface area (Å²) in [5.74, 6) is 1.34. The lowest BCUT2D eigenvalue weighted by Crippen LogP contribution is -2.34. The van der Waals surface area contributed by atoms with Gasteiger partial charge in [-0.15, -0.1) is 0 Å². The second-order valence-electron chi connectivity index (χ2n) is 18.1. The van der Waals surface area contributed by atoms with Gasteiger partial charge in [-0.25, -0.2) is 0 Å². The Morgan fingerprint density at radius 3 is 2.02 bits per heavy atom. The third-order valence-electron chi connectivity index (χ3n) is 13.7. The molecule has 4 aromatic rings. The standard InChI is InChI=1S/C51H63ClN2/c1-36(2)26-33-53-44-23-21-38-15-7-9-17-42(38)47(44)50(28-11-5-12-29-50)32-25-40-19-20-41(49(40)52)35-46-51(30-13-6-14-31-51)48-43-18-10-8-16-39(43)22-24-45(48)54(46)34-27-37(3)4/h7-10,15-18,21-25,35-37,53H,5-6,11-14,19-20,26-34H2,1-4H3/b40-25+,46-35?. The Morgan fingerprint density at radius 1 is 0.704 bits per heavy atom. The molecule has 0 amide bonds. The van der Waals surface area contributed by atoms with Gasteiger partial charge >= 0.3 is 0 Å². The van der Waals surface area contributed by atoms with Gasteiger partial charge in [0.05, 0.1) is 0 Å². The first-order chi connectivity index (χ1) is 26.3. The summed E-state index contributed by atoms with van der Waals surface area (Å²) in [6, 6.07) is 27.8. The van der Waals surface area contributed by atoms with Crippen molar-refractivity contribution in [1.82, 2.24) is 0 Å². The number of nitrogens with one attached hydrogen (secondary N) is 1. The SMILES string of the molecule is CC(C)CCNc1ccc2ccccc2c1C1(C/C=C2\CCC(C=C3N(CCC(C)C)c4ccc5ccccc5c4C34CCCCC4)=C2Cl)CCCCC1. The Hall–Kier alpha value is -3.49. The summed E-state index contributed by atoms with van der Waals surface area (Å²) < 4.78 is 0. The van der Waals surface area contributed by atoms with Gasteiger partial charge in [0.15, 0.2) is 0 Å². The first kappa shape index (κ1) is 37.4. The molecule has 0 bridgehead atoms. The molecule has 1 N–H and O–H groups in total. The maximum absolute atomic E-state index is 7.60. The van der Waals surface area contributed by atoms with Crippen molar-refractivity contribution in [2.24, 2.45) is 11.8 Å². The average molecular weight is 740 g/mol. The maximum Gasteiger partial charge on any atom is 0.0467 e. The zero-order chi connectivity index (χ0) is 37.3. The van der Waals surface area contributed by atoms with Gasteiger partial charge < -0.3 is 10.2 Å². The van der Waals surface area contributed by atoms with Crippen molar-refractivity contribution in [2.45, 2.75) is 135 Å². The van der Waals surface area contributed by atoms with Crippen molar-refractivity contribution < 1.29 is 0 Å². The van der Waals surface area contributed by atoms with E-state index in [0.717, 1.165) is 37.4 Å². The van der Waals surface area contributed by atoms with E-state index < -0.39 is 0 Å². The van der Waals surface area contributed by atoms with Crippen LogP contribution >= 0.6 is 11.6 Å². The molecule has 4 aromatic carbocycles. The van der Waals surface area contributed by atoms with Crippen molar-refractivity contribution in [2.75, 3.05) is 23.3 Å². The second kappa shape index (κ2) is 15.9. The number of benzene rings is 4. The van der Waals surface area contributed by atoms with E-state index in [4.69, 9.17) is 11.6 Å². The van der Waals surface area contributed by atoms with Gasteiger partial charge in [-0.05, 0) is 132 Å². The number of nitrogens with zero attached hydrogens (tertiary/aromatic N) is 1. The number of allylic oxidation sites excluding steroid dienone is 6. The minimum atomic E-state index is 0.0571. The number of rotatable bonds is 11. The third kappa shape index (κ3) is 7.06. The van der Waals surface area contributed by atoms with Gasteiger partial charge in [0.25, 0.3) is 0 Å². The monoisotopic (exact) mass is 738 g/mol. The molecule has 0 atom stereocenters. The average Bonchev–Trinajstić information content (AvgIpc) is 3.66. The Morgan fingerprint density at radius 2 is 1.33 bits per heavy atom. The normalized spacial score (nSPS) is 21.1. The van der Waals surface area contributed by atoms with E-state index in [9.17, 15) is 0 Å². The van der Waals surface area contributed by atoms with Crippen LogP contribution < -0.4 is 10.2 Å². The van der Waals surface area contributed by atoms with Gasteiger partial charge in [-0.2, -0.15) is 0 Å². The highest BCUT2D eigenvalue weighted by Gasteiger charge is 2.48. The fourth-order valence-corrected chi connectivity index (χ4v) is 11.1. The first-order valence-electron chi connectivity index (χ1n) is 21.7. The molecule has 0 unspecified atom stereocenters. The molecule has 1 spiro atoms. The van der Waals surface area contributed by atoms with Crippen LogP contribution in [0.25, 0.3) is 21.5 Å². The fraction of sp³-hybridized carbons (Fsp3) is 0.490. The summed E-state index contributed by atoms with van der Waals surface area (Å²) in [5.41, 5.74) is 10.4. The molecular formula is C51H63ClN2. The smallest absolute Gasteiger partial charge is 0.0467 e. The predicted octanol–water partition coefficient (Wildman–Crippen LogP) is 14.9. The molecule has 8 rings (SSSR count). The Balaban J connectivity index is 1.19. The van der Waals surface area contributed by atoms with Crippen LogP contribution in [-0.4, -0.2) is 13.1 Å². The lowest BCUT2D eigenvalue weighted by atomic mass is 9.65. The van der Waals surface area contributed by atoms with Gasteiger partial charge in [-0.3, -0.25) is 0 Å². The van der Waals surface area contributed by atoms with E-state index in [-0.39, 0.29) is 10.8 Å². The number of anilines is 2.